The minimum atomic E-state index is -1.46. The van der Waals surface area contributed by atoms with E-state index in [1.807, 2.05) is 13.0 Å². The third-order valence-corrected chi connectivity index (χ3v) is 8.36. The molecule has 0 saturated heterocycles. The number of aliphatic carboxylic acids is 2. The van der Waals surface area contributed by atoms with Gasteiger partial charge in [0.1, 0.15) is 0 Å². The van der Waals surface area contributed by atoms with Gasteiger partial charge in [-0.3, -0.25) is 14.0 Å². The van der Waals surface area contributed by atoms with Crippen LogP contribution in [-0.2, 0) is 16.0 Å². The van der Waals surface area contributed by atoms with Gasteiger partial charge in [-0.05, 0) is 74.5 Å². The maximum Gasteiger partial charge on any atom is 0.304 e. The highest BCUT2D eigenvalue weighted by Crippen LogP contribution is 2.34. The number of nitrogens with zero attached hydrogens (tertiary/aromatic N) is 3. The van der Waals surface area contributed by atoms with E-state index in [1.165, 1.54) is 31.6 Å². The minimum absolute atomic E-state index is 0. The van der Waals surface area contributed by atoms with E-state index in [0.29, 0.717) is 67.1 Å². The summed E-state index contributed by atoms with van der Waals surface area (Å²) in [7, 11) is 1.26. The molecular weight excluding hydrogens is 640 g/mol. The number of nitrogens with two attached hydrogens (primary N) is 1. The molecule has 49 heavy (non-hydrogen) atoms. The molecule has 2 aromatic heterocycles. The Morgan fingerprint density at radius 3 is 2.49 bits per heavy atom. The van der Waals surface area contributed by atoms with E-state index in [-0.39, 0.29) is 42.8 Å². The monoisotopic (exact) mass is 683 g/mol. The van der Waals surface area contributed by atoms with Crippen molar-refractivity contribution in [2.45, 2.75) is 58.3 Å². The smallest absolute Gasteiger partial charge is 0.304 e. The highest BCUT2D eigenvalue weighted by atomic mass is 19.2. The Morgan fingerprint density at radius 1 is 1.06 bits per heavy atom. The van der Waals surface area contributed by atoms with Gasteiger partial charge in [0.15, 0.2) is 23.0 Å². The molecule has 0 aliphatic rings. The number of fused-ring (bicyclic) bond motifs is 1. The van der Waals surface area contributed by atoms with Crippen LogP contribution in [0.4, 0.5) is 20.3 Å². The number of aromatic nitrogens is 3. The molecule has 0 bridgehead atoms. The summed E-state index contributed by atoms with van der Waals surface area (Å²) >= 11 is 0. The highest BCUT2D eigenvalue weighted by Gasteiger charge is 2.33. The van der Waals surface area contributed by atoms with Gasteiger partial charge in [-0.2, -0.15) is 4.39 Å². The van der Waals surface area contributed by atoms with Gasteiger partial charge >= 0.3 is 5.97 Å². The van der Waals surface area contributed by atoms with Crippen molar-refractivity contribution in [1.82, 2.24) is 25.8 Å². The molecule has 1 unspecified atom stereocenters. The average molecular weight is 684 g/mol. The predicted molar refractivity (Wildman–Crippen MR) is 179 cm³/mol. The first-order chi connectivity index (χ1) is 23.0. The zero-order valence-electron chi connectivity index (χ0n) is 27.9. The number of halogens is 2. The number of ether oxygens (including phenoxy) is 1. The first-order valence-electron chi connectivity index (χ1n) is 15.7. The van der Waals surface area contributed by atoms with E-state index in [9.17, 15) is 33.4 Å². The van der Waals surface area contributed by atoms with E-state index in [2.05, 4.69) is 20.6 Å². The van der Waals surface area contributed by atoms with Crippen LogP contribution >= 0.6 is 0 Å². The molecule has 4 aromatic rings. The first-order valence-corrected chi connectivity index (χ1v) is 15.7. The number of unbranched alkanes of at least 4 members (excludes halogenated alkanes) is 2. The maximum atomic E-state index is 14.8. The van der Waals surface area contributed by atoms with Crippen LogP contribution < -0.4 is 32.4 Å². The van der Waals surface area contributed by atoms with Crippen LogP contribution in [0.5, 0.6) is 5.75 Å². The lowest BCUT2D eigenvalue weighted by Gasteiger charge is -2.33. The standard InChI is InChI=1S/C34H40F2N6O6.H3N/c1-3-21-18-22(41-30-31-40-20-25(42(31)17-16-38-30)24-10-11-26(48-2)29(36)28(24)35)8-9-23(21)32(45)39-15-6-4-5-12-34(33(46)47,13-7-14-37)19-27(43)44;/h8-11,16-18,20H,3-7,12-15,19,37H2,1-2H3,(H,38,41)(H,39,45)(H,43,44)(H,46,47);1H3. The van der Waals surface area contributed by atoms with Crippen LogP contribution in [-0.4, -0.2) is 57.5 Å². The molecule has 9 N–H and O–H groups in total. The Morgan fingerprint density at radius 2 is 1.82 bits per heavy atom. The second-order valence-electron chi connectivity index (χ2n) is 11.5. The van der Waals surface area contributed by atoms with Crippen molar-refractivity contribution < 1.29 is 38.1 Å². The summed E-state index contributed by atoms with van der Waals surface area (Å²) in [6, 6.07) is 8.01. The van der Waals surface area contributed by atoms with Crippen molar-refractivity contribution in [2.24, 2.45) is 11.1 Å². The number of quaternary nitrogens is 1. The number of carboxylic acids is 2. The van der Waals surface area contributed by atoms with Crippen molar-refractivity contribution in [3.8, 4) is 17.0 Å². The topological polar surface area (TPSA) is 220 Å². The number of nitrogens with one attached hydrogen (secondary N) is 2. The van der Waals surface area contributed by atoms with Gasteiger partial charge in [-0.15, -0.1) is 0 Å². The number of hydrogen-bond donors (Lipinski definition) is 5. The van der Waals surface area contributed by atoms with Crippen LogP contribution in [0.25, 0.3) is 16.9 Å². The third-order valence-electron chi connectivity index (χ3n) is 8.36. The van der Waals surface area contributed by atoms with Crippen molar-refractivity contribution in [2.75, 3.05) is 25.5 Å². The molecule has 2 heterocycles. The lowest BCUT2D eigenvalue weighted by molar-refractivity contribution is -0.320. The number of imidazole rings is 1. The van der Waals surface area contributed by atoms with Gasteiger partial charge in [-0.25, -0.2) is 14.4 Å². The molecular formula is C34H43F2N7O6. The summed E-state index contributed by atoms with van der Waals surface area (Å²) in [5.41, 5.74) is 6.67. The van der Waals surface area contributed by atoms with E-state index < -0.39 is 35.4 Å². The summed E-state index contributed by atoms with van der Waals surface area (Å²) in [5, 5.41) is 27.2. The Hall–Kier alpha value is -5.15. The summed E-state index contributed by atoms with van der Waals surface area (Å²) < 4.78 is 35.7. The molecule has 1 amide bonds. The van der Waals surface area contributed by atoms with Gasteiger partial charge < -0.3 is 42.3 Å². The number of methoxy groups -OCH3 is 1. The van der Waals surface area contributed by atoms with Crippen molar-refractivity contribution >= 4 is 35.0 Å². The van der Waals surface area contributed by atoms with Crippen molar-refractivity contribution in [1.29, 1.82) is 0 Å². The van der Waals surface area contributed by atoms with Crippen molar-refractivity contribution in [3.05, 3.63) is 71.7 Å². The summed E-state index contributed by atoms with van der Waals surface area (Å²) in [5.74, 6) is -4.83. The number of hydrogen-bond acceptors (Lipinski definition) is 9. The summed E-state index contributed by atoms with van der Waals surface area (Å²) in [6.45, 7) is 2.53. The fourth-order valence-electron chi connectivity index (χ4n) is 5.79. The lowest BCUT2D eigenvalue weighted by atomic mass is 9.75. The van der Waals surface area contributed by atoms with Crippen LogP contribution in [0, 0.1) is 17.0 Å². The molecule has 15 heteroatoms. The van der Waals surface area contributed by atoms with Gasteiger partial charge in [-0.1, -0.05) is 19.8 Å². The number of rotatable bonds is 18. The van der Waals surface area contributed by atoms with Crippen molar-refractivity contribution in [3.63, 3.8) is 0 Å². The number of aryl methyl sites for hydroxylation is 1. The number of carbonyl (C=O) groups excluding carboxylic acids is 2. The van der Waals surface area contributed by atoms with Gasteiger partial charge in [0, 0.05) is 47.1 Å². The zero-order chi connectivity index (χ0) is 34.8. The summed E-state index contributed by atoms with van der Waals surface area (Å²) in [4.78, 5) is 45.0. The first kappa shape index (κ1) is 38.3. The summed E-state index contributed by atoms with van der Waals surface area (Å²) in [6.07, 6.45) is 6.88. The average Bonchev–Trinajstić information content (AvgIpc) is 3.50. The molecule has 13 nitrogen and oxygen atoms in total. The van der Waals surface area contributed by atoms with Gasteiger partial charge in [0.05, 0.1) is 25.4 Å². The normalized spacial score (nSPS) is 12.2. The molecule has 0 fully saturated rings. The molecule has 2 aromatic carbocycles. The van der Waals surface area contributed by atoms with E-state index in [4.69, 9.17) is 10.5 Å². The largest absolute Gasteiger partial charge is 0.550 e. The number of carbonyl (C=O) groups is 3. The molecule has 4 rings (SSSR count). The van der Waals surface area contributed by atoms with Gasteiger partial charge in [0.25, 0.3) is 5.91 Å². The minimum Gasteiger partial charge on any atom is -0.550 e. The van der Waals surface area contributed by atoms with E-state index in [0.717, 1.165) is 5.56 Å². The Balaban J connectivity index is 0.00000650. The highest BCUT2D eigenvalue weighted by molar-refractivity contribution is 5.96. The molecule has 1 atom stereocenters. The van der Waals surface area contributed by atoms with Crippen LogP contribution in [0.2, 0.25) is 0 Å². The number of benzene rings is 2. The Labute approximate surface area is 282 Å². The molecule has 0 aliphatic carbocycles. The van der Waals surface area contributed by atoms with Crippen LogP contribution in [0.3, 0.4) is 0 Å². The second kappa shape index (κ2) is 17.3. The molecule has 0 radical (unpaired) electrons. The molecule has 0 spiro atoms. The maximum absolute atomic E-state index is 14.8. The molecule has 0 saturated carbocycles. The van der Waals surface area contributed by atoms with E-state index in [1.54, 1.807) is 22.7 Å². The number of amides is 1. The fourth-order valence-corrected chi connectivity index (χ4v) is 5.79. The van der Waals surface area contributed by atoms with Gasteiger partial charge in [0.2, 0.25) is 5.82 Å². The van der Waals surface area contributed by atoms with E-state index >= 15 is 0 Å². The Bertz CT molecular complexity index is 1780. The SMILES string of the molecule is CCc1cc(Nc2nccn3c(-c4ccc(OC)c(F)c4F)cnc23)ccc1C(=O)NCCCCCC(CCCN)(CC(=O)O)C(=O)[O-].[NH4+]. The fraction of sp³-hybridized carbons (Fsp3) is 0.382. The predicted octanol–water partition coefficient (Wildman–Crippen LogP) is 4.61. The third kappa shape index (κ3) is 8.86. The Kier molecular flexibility index (Phi) is 13.5. The zero-order valence-corrected chi connectivity index (χ0v) is 27.9. The quantitative estimate of drug-likeness (QED) is 0.0917. The lowest BCUT2D eigenvalue weighted by Crippen LogP contribution is -2.44. The second-order valence-corrected chi connectivity index (χ2v) is 11.5. The van der Waals surface area contributed by atoms with Crippen LogP contribution in [0.15, 0.2) is 48.9 Å². The van der Waals surface area contributed by atoms with Crippen LogP contribution in [0.1, 0.15) is 67.8 Å². The molecule has 0 aliphatic heterocycles. The number of anilines is 2. The number of carboxylic acid groups (broad SMARTS) is 2. The molecule has 264 valence electrons.